The topological polar surface area (TPSA) is 101 Å². The summed E-state index contributed by atoms with van der Waals surface area (Å²) in [4.78, 5) is 27.8. The highest BCUT2D eigenvalue weighted by Crippen LogP contribution is 2.47. The Balaban J connectivity index is 1.75. The number of halogens is 3. The van der Waals surface area contributed by atoms with E-state index in [0.29, 0.717) is 28.2 Å². The molecule has 1 aromatic carbocycles. The lowest BCUT2D eigenvalue weighted by molar-refractivity contribution is -0.138. The van der Waals surface area contributed by atoms with Gasteiger partial charge in [-0.3, -0.25) is 4.79 Å². The summed E-state index contributed by atoms with van der Waals surface area (Å²) in [5, 5.41) is 6.54. The standard InChI is InChI=1S/C19H14F3N7OS/c1-9-13-15(10-4-2-3-5-11(10)19(20,21)22)31-6-12(30)27-17(13)29(28-9)18-14-16(24-7-23-14)25-8-26-18/h2-5,7-8,15H,6H2,1H3,(H,27,30)(H,23,24,25,26)/t15-/m0/s1. The Bertz CT molecular complexity index is 1310. The first-order valence-corrected chi connectivity index (χ1v) is 10.2. The molecule has 158 valence electrons. The molecule has 1 aliphatic heterocycles. The van der Waals surface area contributed by atoms with Gasteiger partial charge >= 0.3 is 6.18 Å². The zero-order valence-electron chi connectivity index (χ0n) is 15.9. The first-order valence-electron chi connectivity index (χ1n) is 9.16. The van der Waals surface area contributed by atoms with Gasteiger partial charge in [-0.15, -0.1) is 11.8 Å². The van der Waals surface area contributed by atoms with Gasteiger partial charge in [0.15, 0.2) is 11.5 Å². The van der Waals surface area contributed by atoms with Crippen LogP contribution < -0.4 is 5.32 Å². The van der Waals surface area contributed by atoms with Crippen LogP contribution in [0.2, 0.25) is 0 Å². The summed E-state index contributed by atoms with van der Waals surface area (Å²) in [6.45, 7) is 1.70. The first kappa shape index (κ1) is 19.5. The third-order valence-electron chi connectivity index (χ3n) is 4.96. The van der Waals surface area contributed by atoms with Crippen LogP contribution in [0.4, 0.5) is 19.0 Å². The highest BCUT2D eigenvalue weighted by atomic mass is 32.2. The predicted molar refractivity (Wildman–Crippen MR) is 108 cm³/mol. The fourth-order valence-electron chi connectivity index (χ4n) is 3.68. The Hall–Kier alpha value is -3.41. The van der Waals surface area contributed by atoms with E-state index in [-0.39, 0.29) is 23.0 Å². The van der Waals surface area contributed by atoms with E-state index < -0.39 is 17.0 Å². The van der Waals surface area contributed by atoms with E-state index in [9.17, 15) is 18.0 Å². The number of hydrogen-bond acceptors (Lipinski definition) is 6. The number of carbonyl (C=O) groups excluding carboxylic acids is 1. The number of carbonyl (C=O) groups is 1. The highest BCUT2D eigenvalue weighted by Gasteiger charge is 2.38. The van der Waals surface area contributed by atoms with Crippen molar-refractivity contribution in [2.24, 2.45) is 0 Å². The van der Waals surface area contributed by atoms with Crippen molar-refractivity contribution in [3.05, 3.63) is 59.3 Å². The molecule has 0 spiro atoms. The maximum absolute atomic E-state index is 13.7. The van der Waals surface area contributed by atoms with Crippen molar-refractivity contribution in [1.82, 2.24) is 29.7 Å². The molecule has 4 aromatic rings. The van der Waals surface area contributed by atoms with Gasteiger partial charge < -0.3 is 10.3 Å². The van der Waals surface area contributed by atoms with E-state index in [0.717, 1.165) is 17.8 Å². The molecule has 2 N–H and O–H groups in total. The average molecular weight is 445 g/mol. The molecule has 0 fully saturated rings. The number of anilines is 1. The van der Waals surface area contributed by atoms with Crippen molar-refractivity contribution in [3.63, 3.8) is 0 Å². The Morgan fingerprint density at radius 3 is 2.81 bits per heavy atom. The number of amides is 1. The van der Waals surface area contributed by atoms with E-state index in [2.05, 4.69) is 30.4 Å². The summed E-state index contributed by atoms with van der Waals surface area (Å²) in [5.74, 6) is 0.272. The second-order valence-corrected chi connectivity index (χ2v) is 7.98. The van der Waals surface area contributed by atoms with Gasteiger partial charge in [0.1, 0.15) is 17.7 Å². The Morgan fingerprint density at radius 1 is 1.19 bits per heavy atom. The molecule has 8 nitrogen and oxygen atoms in total. The molecule has 0 radical (unpaired) electrons. The summed E-state index contributed by atoms with van der Waals surface area (Å²) in [6, 6.07) is 5.40. The van der Waals surface area contributed by atoms with Gasteiger partial charge in [0.2, 0.25) is 5.91 Å². The zero-order valence-corrected chi connectivity index (χ0v) is 16.8. The van der Waals surface area contributed by atoms with Gasteiger partial charge in [-0.2, -0.15) is 23.0 Å². The molecule has 0 bridgehead atoms. The summed E-state index contributed by atoms with van der Waals surface area (Å²) < 4.78 is 42.6. The van der Waals surface area contributed by atoms with Gasteiger partial charge in [-0.05, 0) is 18.6 Å². The minimum atomic E-state index is -4.53. The number of nitrogens with zero attached hydrogens (tertiary/aromatic N) is 5. The predicted octanol–water partition coefficient (Wildman–Crippen LogP) is 3.64. The Kier molecular flexibility index (Phi) is 4.46. The number of benzene rings is 1. The Morgan fingerprint density at radius 2 is 2.00 bits per heavy atom. The molecule has 0 unspecified atom stereocenters. The van der Waals surface area contributed by atoms with Crippen LogP contribution in [0.1, 0.15) is 27.6 Å². The fraction of sp³-hybridized carbons (Fsp3) is 0.211. The van der Waals surface area contributed by atoms with Crippen LogP contribution in [0.3, 0.4) is 0 Å². The lowest BCUT2D eigenvalue weighted by atomic mass is 9.98. The number of aryl methyl sites for hydroxylation is 1. The molecule has 0 saturated heterocycles. The number of thioether (sulfide) groups is 1. The van der Waals surface area contributed by atoms with Gasteiger partial charge in [-0.25, -0.2) is 15.0 Å². The summed E-state index contributed by atoms with van der Waals surface area (Å²) >= 11 is 1.13. The van der Waals surface area contributed by atoms with Crippen molar-refractivity contribution in [2.75, 3.05) is 11.1 Å². The van der Waals surface area contributed by atoms with E-state index in [4.69, 9.17) is 0 Å². The number of rotatable bonds is 2. The van der Waals surface area contributed by atoms with Gasteiger partial charge in [0.25, 0.3) is 0 Å². The monoisotopic (exact) mass is 445 g/mol. The number of imidazole rings is 1. The number of hydrogen-bond donors (Lipinski definition) is 2. The lowest BCUT2D eigenvalue weighted by Crippen LogP contribution is -2.16. The van der Waals surface area contributed by atoms with Crippen molar-refractivity contribution in [3.8, 4) is 5.82 Å². The Labute approximate surface area is 177 Å². The smallest absolute Gasteiger partial charge is 0.340 e. The molecule has 1 atom stereocenters. The third-order valence-corrected chi connectivity index (χ3v) is 6.21. The van der Waals surface area contributed by atoms with Crippen molar-refractivity contribution in [2.45, 2.75) is 18.3 Å². The van der Waals surface area contributed by atoms with Crippen LogP contribution in [0, 0.1) is 6.92 Å². The minimum absolute atomic E-state index is 0.00573. The molecular weight excluding hydrogens is 431 g/mol. The molecule has 1 amide bonds. The number of aromatic amines is 1. The van der Waals surface area contributed by atoms with E-state index in [1.54, 1.807) is 13.0 Å². The molecule has 0 saturated carbocycles. The SMILES string of the molecule is Cc1nn(-c2ncnc3nc[nH]c23)c2c1[C@H](c1ccccc1C(F)(F)F)SCC(=O)N2. The largest absolute Gasteiger partial charge is 0.416 e. The number of nitrogens with one attached hydrogen (secondary N) is 2. The normalized spacial score (nSPS) is 16.8. The van der Waals surface area contributed by atoms with E-state index >= 15 is 0 Å². The molecule has 1 aliphatic rings. The lowest BCUT2D eigenvalue weighted by Gasteiger charge is -2.20. The number of H-pyrrole nitrogens is 1. The number of aromatic nitrogens is 6. The van der Waals surface area contributed by atoms with Crippen LogP contribution >= 0.6 is 11.8 Å². The van der Waals surface area contributed by atoms with Crippen LogP contribution in [-0.2, 0) is 11.0 Å². The third kappa shape index (κ3) is 3.23. The van der Waals surface area contributed by atoms with E-state index in [1.165, 1.54) is 29.5 Å². The average Bonchev–Trinajstić information content (AvgIpc) is 3.28. The minimum Gasteiger partial charge on any atom is -0.340 e. The second-order valence-electron chi connectivity index (χ2n) is 6.88. The molecule has 3 aromatic heterocycles. The molecule has 31 heavy (non-hydrogen) atoms. The number of alkyl halides is 3. The van der Waals surface area contributed by atoms with Gasteiger partial charge in [0, 0.05) is 5.56 Å². The first-order chi connectivity index (χ1) is 14.8. The highest BCUT2D eigenvalue weighted by molar-refractivity contribution is 8.00. The second kappa shape index (κ2) is 7.08. The van der Waals surface area contributed by atoms with Crippen LogP contribution in [0.15, 0.2) is 36.9 Å². The van der Waals surface area contributed by atoms with Crippen LogP contribution in [0.25, 0.3) is 17.0 Å². The van der Waals surface area contributed by atoms with Crippen molar-refractivity contribution >= 4 is 34.7 Å². The molecule has 12 heteroatoms. The maximum Gasteiger partial charge on any atom is 0.416 e. The van der Waals surface area contributed by atoms with Gasteiger partial charge in [0.05, 0.1) is 28.6 Å². The summed E-state index contributed by atoms with van der Waals surface area (Å²) in [7, 11) is 0. The van der Waals surface area contributed by atoms with Crippen molar-refractivity contribution < 1.29 is 18.0 Å². The van der Waals surface area contributed by atoms with E-state index in [1.807, 2.05) is 0 Å². The molecule has 0 aliphatic carbocycles. The quantitative estimate of drug-likeness (QED) is 0.489. The van der Waals surface area contributed by atoms with Crippen LogP contribution in [0.5, 0.6) is 0 Å². The van der Waals surface area contributed by atoms with Crippen molar-refractivity contribution in [1.29, 1.82) is 0 Å². The fourth-order valence-corrected chi connectivity index (χ4v) is 4.90. The number of fused-ring (bicyclic) bond motifs is 2. The molecular formula is C19H14F3N7OS. The molecule has 4 heterocycles. The zero-order chi connectivity index (χ0) is 21.8. The maximum atomic E-state index is 13.7. The van der Waals surface area contributed by atoms with Gasteiger partial charge in [-0.1, -0.05) is 18.2 Å². The van der Waals surface area contributed by atoms with Crippen LogP contribution in [-0.4, -0.2) is 41.4 Å². The summed E-state index contributed by atoms with van der Waals surface area (Å²) in [6.07, 6.45) is -1.76. The molecule has 5 rings (SSSR count). The summed E-state index contributed by atoms with van der Waals surface area (Å²) in [5.41, 5.74) is 1.22.